The van der Waals surface area contributed by atoms with E-state index >= 15 is 0 Å². The van der Waals surface area contributed by atoms with Crippen molar-refractivity contribution in [2.24, 2.45) is 5.92 Å². The van der Waals surface area contributed by atoms with Crippen LogP contribution in [-0.4, -0.2) is 4.86 Å². The van der Waals surface area contributed by atoms with E-state index in [9.17, 15) is 0 Å². The molecule has 1 aliphatic carbocycles. The summed E-state index contributed by atoms with van der Waals surface area (Å²) in [6.45, 7) is 3.93. The molecule has 0 bridgehead atoms. The lowest BCUT2D eigenvalue weighted by Crippen LogP contribution is -2.17. The first-order chi connectivity index (χ1) is 7.83. The summed E-state index contributed by atoms with van der Waals surface area (Å²) in [6.07, 6.45) is 10.2. The molecule has 1 aliphatic rings. The Morgan fingerprint density at radius 3 is 2.56 bits per heavy atom. The van der Waals surface area contributed by atoms with Crippen LogP contribution in [0.15, 0.2) is 67.3 Å². The van der Waals surface area contributed by atoms with Crippen molar-refractivity contribution < 1.29 is 0 Å². The monoisotopic (exact) mass is 226 g/mol. The molecule has 2 atom stereocenters. The van der Waals surface area contributed by atoms with Crippen molar-refractivity contribution in [3.63, 3.8) is 0 Å². The molecule has 0 fully saturated rings. The Morgan fingerprint density at radius 2 is 1.94 bits per heavy atom. The maximum Gasteiger partial charge on any atom is 0.0230 e. The fourth-order valence-electron chi connectivity index (χ4n) is 2.00. The maximum absolute atomic E-state index is 5.38. The molecule has 80 valence electrons. The van der Waals surface area contributed by atoms with Gasteiger partial charge >= 0.3 is 0 Å². The average Bonchev–Trinajstić information content (AvgIpc) is 2.34. The highest BCUT2D eigenvalue weighted by Crippen LogP contribution is 2.30. The molecule has 0 amide bonds. The summed E-state index contributed by atoms with van der Waals surface area (Å²) in [5, 5.41) is 0. The van der Waals surface area contributed by atoms with Crippen LogP contribution in [0.3, 0.4) is 0 Å². The number of allylic oxidation sites excluding steroid dienone is 5. The van der Waals surface area contributed by atoms with Crippen LogP contribution in [0.4, 0.5) is 0 Å². The Labute approximate surface area is 102 Å². The van der Waals surface area contributed by atoms with E-state index < -0.39 is 0 Å². The zero-order valence-corrected chi connectivity index (χ0v) is 9.86. The van der Waals surface area contributed by atoms with Crippen LogP contribution in [0.25, 0.3) is 0 Å². The number of benzene rings is 1. The molecule has 2 unspecified atom stereocenters. The second kappa shape index (κ2) is 5.04. The summed E-state index contributed by atoms with van der Waals surface area (Å²) in [5.74, 6) is 0.537. The minimum absolute atomic E-state index is 0.264. The van der Waals surface area contributed by atoms with Crippen molar-refractivity contribution in [3.05, 3.63) is 72.9 Å². The van der Waals surface area contributed by atoms with Crippen LogP contribution in [0, 0.1) is 5.92 Å². The Kier molecular flexibility index (Phi) is 3.47. The topological polar surface area (TPSA) is 0 Å². The molecule has 0 saturated heterocycles. The molecule has 1 aromatic carbocycles. The first kappa shape index (κ1) is 11.0. The first-order valence-electron chi connectivity index (χ1n) is 5.39. The molecule has 16 heavy (non-hydrogen) atoms. The van der Waals surface area contributed by atoms with Gasteiger partial charge in [0.05, 0.1) is 0 Å². The average molecular weight is 226 g/mol. The number of hydrogen-bond donors (Lipinski definition) is 0. The standard InChI is InChI=1S/C15H14S/c1-2-13(12-8-4-3-5-9-12)14-10-6-7-11-15(14)16/h2-11,13-14H,1H2. The molecule has 1 heteroatoms. The summed E-state index contributed by atoms with van der Waals surface area (Å²) >= 11 is 5.38. The van der Waals surface area contributed by atoms with Crippen molar-refractivity contribution in [1.29, 1.82) is 0 Å². The zero-order chi connectivity index (χ0) is 11.4. The van der Waals surface area contributed by atoms with Gasteiger partial charge in [0.15, 0.2) is 0 Å². The minimum Gasteiger partial charge on any atom is -0.102 e. The van der Waals surface area contributed by atoms with Gasteiger partial charge in [-0.15, -0.1) is 6.58 Å². The summed E-state index contributed by atoms with van der Waals surface area (Å²) in [7, 11) is 0. The third-order valence-electron chi connectivity index (χ3n) is 2.84. The van der Waals surface area contributed by atoms with Crippen molar-refractivity contribution in [1.82, 2.24) is 0 Å². The van der Waals surface area contributed by atoms with Crippen LogP contribution < -0.4 is 0 Å². The Hall–Kier alpha value is -1.47. The van der Waals surface area contributed by atoms with Gasteiger partial charge in [-0.25, -0.2) is 0 Å². The predicted octanol–water partition coefficient (Wildman–Crippen LogP) is 4.07. The van der Waals surface area contributed by atoms with Crippen LogP contribution in [0.2, 0.25) is 0 Å². The SMILES string of the molecule is C=CC(c1ccccc1)C1C=CC=CC1=S. The van der Waals surface area contributed by atoms with Crippen LogP contribution in [-0.2, 0) is 0 Å². The maximum atomic E-state index is 5.38. The second-order valence-corrected chi connectivity index (χ2v) is 4.32. The van der Waals surface area contributed by atoms with E-state index in [1.807, 2.05) is 24.3 Å². The van der Waals surface area contributed by atoms with Gasteiger partial charge < -0.3 is 0 Å². The van der Waals surface area contributed by atoms with E-state index in [-0.39, 0.29) is 11.8 Å². The molecular weight excluding hydrogens is 212 g/mol. The van der Waals surface area contributed by atoms with E-state index in [0.717, 1.165) is 4.86 Å². The van der Waals surface area contributed by atoms with Gasteiger partial charge in [-0.3, -0.25) is 0 Å². The molecular formula is C15H14S. The fourth-order valence-corrected chi connectivity index (χ4v) is 2.31. The molecule has 0 heterocycles. The summed E-state index contributed by atoms with van der Waals surface area (Å²) < 4.78 is 0. The highest BCUT2D eigenvalue weighted by atomic mass is 32.1. The predicted molar refractivity (Wildman–Crippen MR) is 73.7 cm³/mol. The highest BCUT2D eigenvalue weighted by Gasteiger charge is 2.21. The molecule has 0 spiro atoms. The lowest BCUT2D eigenvalue weighted by atomic mass is 9.82. The minimum atomic E-state index is 0.264. The van der Waals surface area contributed by atoms with E-state index in [4.69, 9.17) is 12.2 Å². The van der Waals surface area contributed by atoms with Gasteiger partial charge in [0.25, 0.3) is 0 Å². The molecule has 0 nitrogen and oxygen atoms in total. The van der Waals surface area contributed by atoms with E-state index in [1.54, 1.807) is 0 Å². The lowest BCUT2D eigenvalue weighted by molar-refractivity contribution is 0.753. The summed E-state index contributed by atoms with van der Waals surface area (Å²) in [5.41, 5.74) is 1.27. The second-order valence-electron chi connectivity index (χ2n) is 3.84. The molecule has 2 rings (SSSR count). The molecule has 1 aromatic rings. The van der Waals surface area contributed by atoms with E-state index in [1.165, 1.54) is 5.56 Å². The van der Waals surface area contributed by atoms with Crippen LogP contribution >= 0.6 is 12.2 Å². The normalized spacial score (nSPS) is 20.8. The zero-order valence-electron chi connectivity index (χ0n) is 9.04. The Balaban J connectivity index is 2.30. The smallest absolute Gasteiger partial charge is 0.0230 e. The van der Waals surface area contributed by atoms with E-state index in [0.29, 0.717) is 0 Å². The molecule has 0 saturated carbocycles. The third kappa shape index (κ3) is 2.20. The van der Waals surface area contributed by atoms with Gasteiger partial charge in [0, 0.05) is 16.7 Å². The van der Waals surface area contributed by atoms with Gasteiger partial charge in [0.1, 0.15) is 0 Å². The number of hydrogen-bond acceptors (Lipinski definition) is 1. The number of thiocarbonyl (C=S) groups is 1. The summed E-state index contributed by atoms with van der Waals surface area (Å²) in [4.78, 5) is 0.983. The van der Waals surface area contributed by atoms with Crippen LogP contribution in [0.5, 0.6) is 0 Å². The van der Waals surface area contributed by atoms with Gasteiger partial charge in [-0.2, -0.15) is 0 Å². The Bertz CT molecular complexity index is 440. The number of rotatable bonds is 3. The molecule has 0 aliphatic heterocycles. The van der Waals surface area contributed by atoms with Crippen molar-refractivity contribution in [2.75, 3.05) is 0 Å². The van der Waals surface area contributed by atoms with Crippen molar-refractivity contribution in [2.45, 2.75) is 5.92 Å². The van der Waals surface area contributed by atoms with Crippen molar-refractivity contribution >= 4 is 17.1 Å². The van der Waals surface area contributed by atoms with Crippen molar-refractivity contribution in [3.8, 4) is 0 Å². The largest absolute Gasteiger partial charge is 0.102 e. The quantitative estimate of drug-likeness (QED) is 0.553. The van der Waals surface area contributed by atoms with Crippen LogP contribution in [0.1, 0.15) is 11.5 Å². The molecule has 0 radical (unpaired) electrons. The first-order valence-corrected chi connectivity index (χ1v) is 5.80. The highest BCUT2D eigenvalue weighted by molar-refractivity contribution is 7.80. The molecule has 0 N–H and O–H groups in total. The lowest BCUT2D eigenvalue weighted by Gasteiger charge is -2.23. The third-order valence-corrected chi connectivity index (χ3v) is 3.25. The summed E-state index contributed by atoms with van der Waals surface area (Å²) in [6, 6.07) is 10.4. The van der Waals surface area contributed by atoms with Gasteiger partial charge in [0.2, 0.25) is 0 Å². The fraction of sp³-hybridized carbons (Fsp3) is 0.133. The van der Waals surface area contributed by atoms with E-state index in [2.05, 4.69) is 43.0 Å². The van der Waals surface area contributed by atoms with Gasteiger partial charge in [-0.1, -0.05) is 66.9 Å². The molecule has 0 aromatic heterocycles. The Morgan fingerprint density at radius 1 is 1.19 bits per heavy atom. The van der Waals surface area contributed by atoms with Gasteiger partial charge in [-0.05, 0) is 11.6 Å².